The molecule has 1 heterocycles. The highest BCUT2D eigenvalue weighted by atomic mass is 35.5. The molecule has 0 aliphatic heterocycles. The van der Waals surface area contributed by atoms with E-state index in [1.807, 2.05) is 0 Å². The van der Waals surface area contributed by atoms with Crippen LogP contribution in [0.3, 0.4) is 0 Å². The van der Waals surface area contributed by atoms with Gasteiger partial charge in [0, 0.05) is 13.2 Å². The molecule has 2 aromatic rings. The molecule has 1 aromatic carbocycles. The number of aryl methyl sites for hydroxylation is 1. The van der Waals surface area contributed by atoms with E-state index in [0.29, 0.717) is 12.2 Å². The van der Waals surface area contributed by atoms with Crippen molar-refractivity contribution in [3.63, 3.8) is 0 Å². The number of carbonyl (C=O) groups is 1. The van der Waals surface area contributed by atoms with E-state index in [1.54, 1.807) is 0 Å². The molecule has 0 N–H and O–H groups in total. The standard InChI is InChI=1S/C13H6ClF5N2O/c1-21-4-6(14)13(20-21)7(22)3-2-5-8(15)10(17)12(19)11(18)9(5)16/h2-4H,1H3/b3-2+. The van der Waals surface area contributed by atoms with Crippen LogP contribution in [-0.2, 0) is 7.05 Å². The van der Waals surface area contributed by atoms with Gasteiger partial charge in [0.1, 0.15) is 0 Å². The van der Waals surface area contributed by atoms with E-state index in [9.17, 15) is 26.7 Å². The van der Waals surface area contributed by atoms with E-state index in [4.69, 9.17) is 11.6 Å². The van der Waals surface area contributed by atoms with E-state index in [1.165, 1.54) is 17.9 Å². The number of ketones is 1. The number of halogens is 6. The van der Waals surface area contributed by atoms with Gasteiger partial charge in [-0.2, -0.15) is 5.10 Å². The Balaban J connectivity index is 2.43. The van der Waals surface area contributed by atoms with Gasteiger partial charge in [-0.05, 0) is 12.2 Å². The maximum Gasteiger partial charge on any atom is 0.207 e. The Morgan fingerprint density at radius 3 is 2.05 bits per heavy atom. The van der Waals surface area contributed by atoms with Crippen LogP contribution >= 0.6 is 11.6 Å². The molecular formula is C13H6ClF5N2O. The highest BCUT2D eigenvalue weighted by Crippen LogP contribution is 2.24. The first-order valence-corrected chi connectivity index (χ1v) is 6.04. The van der Waals surface area contributed by atoms with Gasteiger partial charge in [-0.25, -0.2) is 22.0 Å². The summed E-state index contributed by atoms with van der Waals surface area (Å²) in [5.74, 6) is -11.4. The van der Waals surface area contributed by atoms with E-state index < -0.39 is 40.4 Å². The lowest BCUT2D eigenvalue weighted by atomic mass is 10.1. The van der Waals surface area contributed by atoms with Crippen molar-refractivity contribution in [2.45, 2.75) is 0 Å². The molecule has 22 heavy (non-hydrogen) atoms. The summed E-state index contributed by atoms with van der Waals surface area (Å²) in [6, 6.07) is 0. The number of hydrogen-bond acceptors (Lipinski definition) is 2. The molecule has 0 saturated heterocycles. The van der Waals surface area contributed by atoms with Gasteiger partial charge in [-0.15, -0.1) is 0 Å². The zero-order chi connectivity index (χ0) is 16.6. The molecule has 0 aliphatic rings. The van der Waals surface area contributed by atoms with Crippen LogP contribution in [0.25, 0.3) is 6.08 Å². The van der Waals surface area contributed by atoms with Crippen molar-refractivity contribution in [3.8, 4) is 0 Å². The third kappa shape index (κ3) is 2.74. The Morgan fingerprint density at radius 1 is 1.09 bits per heavy atom. The minimum absolute atomic E-state index is 0.0189. The molecule has 116 valence electrons. The molecule has 0 unspecified atom stereocenters. The molecular weight excluding hydrogens is 331 g/mol. The summed E-state index contributed by atoms with van der Waals surface area (Å²) in [7, 11) is 1.48. The Bertz CT molecular complexity index is 771. The van der Waals surface area contributed by atoms with Crippen molar-refractivity contribution < 1.29 is 26.7 Å². The smallest absolute Gasteiger partial charge is 0.207 e. The molecule has 0 aliphatic carbocycles. The average Bonchev–Trinajstić information content (AvgIpc) is 2.81. The fraction of sp³-hybridized carbons (Fsp3) is 0.0769. The van der Waals surface area contributed by atoms with Crippen LogP contribution < -0.4 is 0 Å². The first-order chi connectivity index (χ1) is 10.2. The highest BCUT2D eigenvalue weighted by molar-refractivity contribution is 6.34. The monoisotopic (exact) mass is 336 g/mol. The van der Waals surface area contributed by atoms with Gasteiger partial charge in [-0.1, -0.05) is 11.6 Å². The van der Waals surface area contributed by atoms with Crippen LogP contribution in [0, 0.1) is 29.1 Å². The van der Waals surface area contributed by atoms with Gasteiger partial charge in [0.05, 0.1) is 10.6 Å². The predicted octanol–water partition coefficient (Wildman–Crippen LogP) is 3.67. The normalized spacial score (nSPS) is 11.4. The van der Waals surface area contributed by atoms with Crippen LogP contribution in [-0.4, -0.2) is 15.6 Å². The van der Waals surface area contributed by atoms with E-state index >= 15 is 0 Å². The first-order valence-electron chi connectivity index (χ1n) is 5.67. The average molecular weight is 337 g/mol. The number of carbonyl (C=O) groups excluding carboxylic acids is 1. The lowest BCUT2D eigenvalue weighted by molar-refractivity contribution is 0.104. The summed E-state index contributed by atoms with van der Waals surface area (Å²) >= 11 is 5.70. The zero-order valence-electron chi connectivity index (χ0n) is 10.8. The zero-order valence-corrected chi connectivity index (χ0v) is 11.6. The Hall–Kier alpha value is -2.22. The number of aromatic nitrogens is 2. The van der Waals surface area contributed by atoms with Gasteiger partial charge < -0.3 is 0 Å². The summed E-state index contributed by atoms with van der Waals surface area (Å²) in [6.07, 6.45) is 2.40. The largest absolute Gasteiger partial charge is 0.287 e. The minimum Gasteiger partial charge on any atom is -0.287 e. The van der Waals surface area contributed by atoms with Crippen molar-refractivity contribution in [2.75, 3.05) is 0 Å². The minimum atomic E-state index is -2.27. The fourth-order valence-corrected chi connectivity index (χ4v) is 1.90. The molecule has 0 radical (unpaired) electrons. The molecule has 0 amide bonds. The number of rotatable bonds is 3. The number of hydrogen-bond donors (Lipinski definition) is 0. The quantitative estimate of drug-likeness (QED) is 0.282. The number of benzene rings is 1. The summed E-state index contributed by atoms with van der Waals surface area (Å²) in [4.78, 5) is 11.8. The van der Waals surface area contributed by atoms with E-state index in [0.717, 1.165) is 0 Å². The molecule has 0 atom stereocenters. The molecule has 9 heteroatoms. The molecule has 3 nitrogen and oxygen atoms in total. The van der Waals surface area contributed by atoms with Crippen molar-refractivity contribution in [2.24, 2.45) is 7.05 Å². The summed E-state index contributed by atoms with van der Waals surface area (Å²) in [5, 5.41) is 3.69. The fourth-order valence-electron chi connectivity index (χ4n) is 1.63. The molecule has 1 aromatic heterocycles. The van der Waals surface area contributed by atoms with Gasteiger partial charge in [0.15, 0.2) is 29.0 Å². The second kappa shape index (κ2) is 5.88. The van der Waals surface area contributed by atoms with E-state index in [-0.39, 0.29) is 10.7 Å². The van der Waals surface area contributed by atoms with Crippen LogP contribution in [0.15, 0.2) is 12.3 Å². The summed E-state index contributed by atoms with van der Waals surface area (Å²) in [5.41, 5.74) is -1.44. The Kier molecular flexibility index (Phi) is 4.32. The second-order valence-corrected chi connectivity index (χ2v) is 4.59. The van der Waals surface area contributed by atoms with Crippen molar-refractivity contribution in [1.82, 2.24) is 9.78 Å². The third-order valence-electron chi connectivity index (χ3n) is 2.66. The molecule has 0 bridgehead atoms. The highest BCUT2D eigenvalue weighted by Gasteiger charge is 2.24. The van der Waals surface area contributed by atoms with Crippen molar-refractivity contribution >= 4 is 23.5 Å². The molecule has 0 spiro atoms. The van der Waals surface area contributed by atoms with Crippen LogP contribution in [0.2, 0.25) is 5.02 Å². The summed E-state index contributed by atoms with van der Waals surface area (Å²) in [6.45, 7) is 0. The maximum absolute atomic E-state index is 13.4. The Morgan fingerprint density at radius 2 is 1.59 bits per heavy atom. The summed E-state index contributed by atoms with van der Waals surface area (Å²) < 4.78 is 66.9. The first kappa shape index (κ1) is 16.2. The third-order valence-corrected chi connectivity index (χ3v) is 2.94. The molecule has 0 saturated carbocycles. The number of allylic oxidation sites excluding steroid dienone is 1. The van der Waals surface area contributed by atoms with Crippen molar-refractivity contribution in [3.05, 3.63) is 57.6 Å². The van der Waals surface area contributed by atoms with Crippen LogP contribution in [0.1, 0.15) is 16.1 Å². The molecule has 0 fully saturated rings. The molecule has 2 rings (SSSR count). The predicted molar refractivity (Wildman–Crippen MR) is 67.8 cm³/mol. The van der Waals surface area contributed by atoms with Gasteiger partial charge in [0.25, 0.3) is 0 Å². The van der Waals surface area contributed by atoms with Gasteiger partial charge >= 0.3 is 0 Å². The van der Waals surface area contributed by atoms with Crippen LogP contribution in [0.5, 0.6) is 0 Å². The topological polar surface area (TPSA) is 34.9 Å². The van der Waals surface area contributed by atoms with Crippen molar-refractivity contribution in [1.29, 1.82) is 0 Å². The SMILES string of the molecule is Cn1cc(Cl)c(C(=O)/C=C/c2c(F)c(F)c(F)c(F)c2F)n1. The van der Waals surface area contributed by atoms with E-state index in [2.05, 4.69) is 5.10 Å². The van der Waals surface area contributed by atoms with Gasteiger partial charge in [-0.3, -0.25) is 9.48 Å². The lowest BCUT2D eigenvalue weighted by Crippen LogP contribution is -2.04. The van der Waals surface area contributed by atoms with Gasteiger partial charge in [0.2, 0.25) is 11.6 Å². The van der Waals surface area contributed by atoms with Crippen LogP contribution in [0.4, 0.5) is 22.0 Å². The Labute approximate surface area is 125 Å². The second-order valence-electron chi connectivity index (χ2n) is 4.18. The number of nitrogens with zero attached hydrogens (tertiary/aromatic N) is 2. The maximum atomic E-state index is 13.4. The lowest BCUT2D eigenvalue weighted by Gasteiger charge is -2.03.